The summed E-state index contributed by atoms with van der Waals surface area (Å²) in [6.07, 6.45) is 0. The number of benzene rings is 15. The van der Waals surface area contributed by atoms with Gasteiger partial charge in [0.05, 0.1) is 11.4 Å². The number of hydrogen-bond donors (Lipinski definition) is 0. The average Bonchev–Trinajstić information content (AvgIpc) is 0.696. The van der Waals surface area contributed by atoms with E-state index in [2.05, 4.69) is 358 Å². The number of para-hydroxylation sites is 2. The van der Waals surface area contributed by atoms with Gasteiger partial charge in [0.2, 0.25) is 0 Å². The Morgan fingerprint density at radius 2 is 0.637 bits per heavy atom. The number of nitrogens with zero attached hydrogens (tertiary/aromatic N) is 2. The van der Waals surface area contributed by atoms with E-state index in [4.69, 9.17) is 0 Å². The zero-order valence-corrected chi connectivity index (χ0v) is 51.1. The van der Waals surface area contributed by atoms with E-state index in [1.807, 2.05) is 0 Å². The molecule has 0 aromatic heterocycles. The number of rotatable bonds is 9. The summed E-state index contributed by atoms with van der Waals surface area (Å²) in [5.74, 6) is 0. The molecule has 15 aromatic carbocycles. The predicted octanol–water partition coefficient (Wildman–Crippen LogP) is 22.2. The van der Waals surface area contributed by atoms with Crippen LogP contribution in [0.2, 0.25) is 0 Å². The fourth-order valence-corrected chi connectivity index (χ4v) is 15.0. The second-order valence-electron chi connectivity index (χ2n) is 25.4. The molecule has 0 spiro atoms. The molecule has 91 heavy (non-hydrogen) atoms. The molecule has 0 fully saturated rings. The van der Waals surface area contributed by atoms with Crippen molar-refractivity contribution in [2.75, 3.05) is 9.80 Å². The van der Waals surface area contributed by atoms with Crippen LogP contribution in [0.5, 0.6) is 0 Å². The van der Waals surface area contributed by atoms with Gasteiger partial charge in [-0.3, -0.25) is 0 Å². The van der Waals surface area contributed by atoms with Crippen LogP contribution in [0.3, 0.4) is 0 Å². The Labute approximate surface area is 533 Å². The second kappa shape index (κ2) is 21.8. The van der Waals surface area contributed by atoms with Crippen molar-refractivity contribution >= 4 is 89.5 Å². The van der Waals surface area contributed by atoms with Crippen molar-refractivity contribution in [3.63, 3.8) is 0 Å². The van der Waals surface area contributed by atoms with Crippen molar-refractivity contribution < 1.29 is 0 Å². The lowest BCUT2D eigenvalue weighted by Crippen LogP contribution is -2.61. The van der Waals surface area contributed by atoms with Gasteiger partial charge in [-0.2, -0.15) is 0 Å². The van der Waals surface area contributed by atoms with Crippen molar-refractivity contribution in [3.05, 3.63) is 333 Å². The third-order valence-corrected chi connectivity index (χ3v) is 19.2. The number of anilines is 6. The van der Waals surface area contributed by atoms with Gasteiger partial charge >= 0.3 is 0 Å². The van der Waals surface area contributed by atoms with E-state index < -0.39 is 0 Å². The van der Waals surface area contributed by atoms with Crippen molar-refractivity contribution in [3.8, 4) is 77.9 Å². The largest absolute Gasteiger partial charge is 0.310 e. The van der Waals surface area contributed by atoms with Gasteiger partial charge in [-0.1, -0.05) is 324 Å². The van der Waals surface area contributed by atoms with Crippen LogP contribution in [0, 0.1) is 0 Å². The summed E-state index contributed by atoms with van der Waals surface area (Å²) in [4.78, 5) is 5.36. The fourth-order valence-electron chi connectivity index (χ4n) is 15.0. The summed E-state index contributed by atoms with van der Waals surface area (Å²) in [5.41, 5.74) is 28.2. The van der Waals surface area contributed by atoms with Gasteiger partial charge in [0, 0.05) is 45.0 Å². The van der Waals surface area contributed by atoms with E-state index in [-0.39, 0.29) is 12.1 Å². The maximum atomic E-state index is 2.70. The Kier molecular flexibility index (Phi) is 12.9. The lowest BCUT2D eigenvalue weighted by atomic mass is 9.33. The summed E-state index contributed by atoms with van der Waals surface area (Å²) < 4.78 is 0. The van der Waals surface area contributed by atoms with E-state index in [0.29, 0.717) is 0 Å². The molecule has 428 valence electrons. The first-order chi connectivity index (χ1) is 44.8. The summed E-state index contributed by atoms with van der Waals surface area (Å²) in [6, 6.07) is 123. The minimum Gasteiger partial charge on any atom is -0.310 e. The van der Waals surface area contributed by atoms with Crippen LogP contribution in [0.1, 0.15) is 26.3 Å². The van der Waals surface area contributed by atoms with E-state index in [0.717, 1.165) is 78.5 Å². The lowest BCUT2D eigenvalue weighted by molar-refractivity contribution is 0.590. The molecule has 0 saturated carbocycles. The smallest absolute Gasteiger partial charge is 0.252 e. The van der Waals surface area contributed by atoms with Crippen LogP contribution in [-0.2, 0) is 5.41 Å². The SMILES string of the molecule is CC(C)(C)c1cc2c3c(c1)N(c1c(-c4ccccc4)cccc1-c1ccccc1)c1cc(-c4c5ccccc5c(-c5cccc6ccccc56)c5ccccc45)ccc1B3c1cc(-c3ccccc3)ccc1N2c1c(-c2ccccc2)cccc1-c1ccccc1. The van der Waals surface area contributed by atoms with Gasteiger partial charge in [0.25, 0.3) is 6.71 Å². The molecule has 0 saturated heterocycles. The lowest BCUT2D eigenvalue weighted by Gasteiger charge is -2.46. The zero-order chi connectivity index (χ0) is 60.7. The van der Waals surface area contributed by atoms with E-state index in [1.54, 1.807) is 0 Å². The molecular weight excluding hydrogens is 1100 g/mol. The summed E-state index contributed by atoms with van der Waals surface area (Å²) in [5, 5.41) is 7.38. The summed E-state index contributed by atoms with van der Waals surface area (Å²) in [7, 11) is 0. The Hall–Kier alpha value is -11.3. The van der Waals surface area contributed by atoms with Gasteiger partial charge in [-0.25, -0.2) is 0 Å². The Balaban J connectivity index is 1.03. The predicted molar refractivity (Wildman–Crippen MR) is 390 cm³/mol. The molecule has 2 aliphatic rings. The number of hydrogen-bond acceptors (Lipinski definition) is 2. The quantitative estimate of drug-likeness (QED) is 0.105. The molecule has 3 heteroatoms. The molecule has 2 nitrogen and oxygen atoms in total. The van der Waals surface area contributed by atoms with Gasteiger partial charge in [0.1, 0.15) is 0 Å². The Morgan fingerprint density at radius 3 is 1.12 bits per heavy atom. The van der Waals surface area contributed by atoms with Crippen LogP contribution < -0.4 is 26.2 Å². The summed E-state index contributed by atoms with van der Waals surface area (Å²) >= 11 is 0. The Bertz CT molecular complexity index is 5150. The van der Waals surface area contributed by atoms with Gasteiger partial charge in [-0.05, 0) is 140 Å². The van der Waals surface area contributed by atoms with Crippen molar-refractivity contribution in [2.45, 2.75) is 26.2 Å². The highest BCUT2D eigenvalue weighted by Crippen LogP contribution is 2.55. The maximum Gasteiger partial charge on any atom is 0.252 e. The van der Waals surface area contributed by atoms with Crippen LogP contribution in [0.4, 0.5) is 34.1 Å². The first-order valence-electron chi connectivity index (χ1n) is 31.9. The normalized spacial score (nSPS) is 12.5. The highest BCUT2D eigenvalue weighted by atomic mass is 15.2. The monoisotopic (exact) mass is 1160 g/mol. The molecule has 15 aromatic rings. The minimum atomic E-state index is -0.274. The molecule has 2 aliphatic heterocycles. The van der Waals surface area contributed by atoms with Crippen molar-refractivity contribution in [1.29, 1.82) is 0 Å². The summed E-state index contributed by atoms with van der Waals surface area (Å²) in [6.45, 7) is 6.95. The Morgan fingerprint density at radius 1 is 0.253 bits per heavy atom. The molecule has 0 bridgehead atoms. The van der Waals surface area contributed by atoms with E-state index in [9.17, 15) is 0 Å². The molecule has 0 radical (unpaired) electrons. The molecule has 0 N–H and O–H groups in total. The molecule has 0 amide bonds. The van der Waals surface area contributed by atoms with E-state index in [1.165, 1.54) is 87.8 Å². The highest BCUT2D eigenvalue weighted by molar-refractivity contribution is 7.00. The molecular formula is C88H63BN2. The van der Waals surface area contributed by atoms with Crippen LogP contribution >= 0.6 is 0 Å². The van der Waals surface area contributed by atoms with Gasteiger partial charge in [-0.15, -0.1) is 0 Å². The van der Waals surface area contributed by atoms with Crippen LogP contribution in [0.15, 0.2) is 328 Å². The van der Waals surface area contributed by atoms with Crippen LogP contribution in [0.25, 0.3) is 110 Å². The zero-order valence-electron chi connectivity index (χ0n) is 51.1. The molecule has 0 atom stereocenters. The van der Waals surface area contributed by atoms with Crippen LogP contribution in [-0.4, -0.2) is 6.71 Å². The third-order valence-electron chi connectivity index (χ3n) is 19.2. The first kappa shape index (κ1) is 53.9. The molecule has 17 rings (SSSR count). The highest BCUT2D eigenvalue weighted by Gasteiger charge is 2.46. The van der Waals surface area contributed by atoms with Gasteiger partial charge in [0.15, 0.2) is 0 Å². The molecule has 0 aliphatic carbocycles. The second-order valence-corrected chi connectivity index (χ2v) is 25.4. The third kappa shape index (κ3) is 8.94. The molecule has 2 heterocycles. The topological polar surface area (TPSA) is 6.48 Å². The average molecular weight is 1160 g/mol. The van der Waals surface area contributed by atoms with Crippen molar-refractivity contribution in [2.24, 2.45) is 0 Å². The standard InChI is InChI=1S/C88H63BN2/c1-88(2,3)66-56-81-85-82(57-66)91(87-70(62-34-15-7-16-35-62)47-27-48-71(87)63-36-17-8-18-37-63)80-55-65(83-73-41-21-23-43-75(73)84(76-44-24-22-42-74(76)83)72-49-25-39-59-38-19-20-40-67(59)72)50-52-77(80)89(85)78-54-64(58-28-9-4-10-29-58)51-53-79(78)90(81)86-68(60-30-11-5-12-31-60)45-26-46-69(86)61-32-13-6-14-33-61/h4-57H,1-3H3. The maximum absolute atomic E-state index is 2.70. The number of fused-ring (bicyclic) bond motifs is 7. The van der Waals surface area contributed by atoms with Gasteiger partial charge < -0.3 is 9.80 Å². The van der Waals surface area contributed by atoms with Crippen molar-refractivity contribution in [1.82, 2.24) is 0 Å². The first-order valence-corrected chi connectivity index (χ1v) is 31.9. The molecule has 0 unspecified atom stereocenters. The fraction of sp³-hybridized carbons (Fsp3) is 0.0455. The van der Waals surface area contributed by atoms with E-state index >= 15 is 0 Å². The minimum absolute atomic E-state index is 0.190.